The molecule has 1 aliphatic carbocycles. The smallest absolute Gasteiger partial charge is 0.109 e. The van der Waals surface area contributed by atoms with E-state index in [1.807, 2.05) is 41.1 Å². The van der Waals surface area contributed by atoms with Crippen LogP contribution in [0.15, 0.2) is 36.5 Å². The van der Waals surface area contributed by atoms with Crippen LogP contribution in [0.4, 0.5) is 5.69 Å². The van der Waals surface area contributed by atoms with Gasteiger partial charge < -0.3 is 10.3 Å². The first-order chi connectivity index (χ1) is 10.8. The van der Waals surface area contributed by atoms with Gasteiger partial charge in [-0.2, -0.15) is 5.26 Å². The monoisotopic (exact) mass is 288 g/mol. The van der Waals surface area contributed by atoms with Crippen molar-refractivity contribution in [1.82, 2.24) is 9.55 Å². The lowest BCUT2D eigenvalue weighted by Crippen LogP contribution is -2.10. The van der Waals surface area contributed by atoms with Crippen molar-refractivity contribution in [2.45, 2.75) is 25.7 Å². The highest BCUT2D eigenvalue weighted by molar-refractivity contribution is 5.95. The van der Waals surface area contributed by atoms with Crippen LogP contribution >= 0.6 is 0 Å². The first-order valence-corrected chi connectivity index (χ1v) is 7.57. The van der Waals surface area contributed by atoms with E-state index in [4.69, 9.17) is 10.7 Å². The Morgan fingerprint density at radius 1 is 1.14 bits per heavy atom. The first-order valence-electron chi connectivity index (χ1n) is 7.57. The summed E-state index contributed by atoms with van der Waals surface area (Å²) < 4.78 is 1.99. The van der Waals surface area contributed by atoms with Crippen molar-refractivity contribution >= 4 is 16.7 Å². The van der Waals surface area contributed by atoms with E-state index in [0.29, 0.717) is 5.56 Å². The summed E-state index contributed by atoms with van der Waals surface area (Å²) in [6, 6.07) is 12.2. The number of anilines is 1. The van der Waals surface area contributed by atoms with Gasteiger partial charge in [0.2, 0.25) is 0 Å². The lowest BCUT2D eigenvalue weighted by atomic mass is 9.94. The molecule has 1 aromatic carbocycles. The minimum absolute atomic E-state index is 0.582. The molecule has 108 valence electrons. The molecule has 0 saturated carbocycles. The fraction of sp³-hybridized carbons (Fsp3) is 0.222. The standard InChI is InChI=1S/C18H16N4/c19-10-12-11-22(13-6-2-1-3-7-13)18-16(20)14-8-4-5-9-15(14)21-17(12)18/h1-3,6-7,11H,4-5,8-9H2,(H2,20,21). The topological polar surface area (TPSA) is 67.6 Å². The largest absolute Gasteiger partial charge is 0.397 e. The third kappa shape index (κ3) is 1.79. The molecular formula is C18H16N4. The summed E-state index contributed by atoms with van der Waals surface area (Å²) in [5.74, 6) is 0. The number of rotatable bonds is 1. The summed E-state index contributed by atoms with van der Waals surface area (Å²) in [4.78, 5) is 4.77. The Morgan fingerprint density at radius 3 is 2.68 bits per heavy atom. The summed E-state index contributed by atoms with van der Waals surface area (Å²) in [5, 5.41) is 9.45. The molecule has 4 heteroatoms. The molecule has 0 bridgehead atoms. The van der Waals surface area contributed by atoms with Crippen LogP contribution in [0.2, 0.25) is 0 Å². The SMILES string of the molecule is N#Cc1cn(-c2ccccc2)c2c(N)c3c(nc12)CCCC3. The van der Waals surface area contributed by atoms with Crippen molar-refractivity contribution in [2.75, 3.05) is 5.73 Å². The zero-order valence-corrected chi connectivity index (χ0v) is 12.2. The Kier molecular flexibility index (Phi) is 2.87. The van der Waals surface area contributed by atoms with Gasteiger partial charge in [0.05, 0.1) is 16.8 Å². The number of benzene rings is 1. The molecule has 2 heterocycles. The predicted molar refractivity (Wildman–Crippen MR) is 86.8 cm³/mol. The Morgan fingerprint density at radius 2 is 1.91 bits per heavy atom. The molecule has 2 aromatic heterocycles. The molecule has 3 aromatic rings. The van der Waals surface area contributed by atoms with Crippen LogP contribution in [0.3, 0.4) is 0 Å². The van der Waals surface area contributed by atoms with Crippen molar-refractivity contribution in [3.8, 4) is 11.8 Å². The van der Waals surface area contributed by atoms with Crippen molar-refractivity contribution in [1.29, 1.82) is 5.26 Å². The summed E-state index contributed by atoms with van der Waals surface area (Å²) in [7, 11) is 0. The van der Waals surface area contributed by atoms with E-state index in [1.54, 1.807) is 0 Å². The van der Waals surface area contributed by atoms with Crippen LogP contribution < -0.4 is 5.73 Å². The van der Waals surface area contributed by atoms with Gasteiger partial charge in [0.1, 0.15) is 11.6 Å². The molecule has 0 saturated heterocycles. The van der Waals surface area contributed by atoms with Crippen LogP contribution in [-0.2, 0) is 12.8 Å². The Balaban J connectivity index is 2.09. The average molecular weight is 288 g/mol. The van der Waals surface area contributed by atoms with E-state index in [2.05, 4.69) is 6.07 Å². The second kappa shape index (κ2) is 4.88. The molecule has 0 fully saturated rings. The minimum Gasteiger partial charge on any atom is -0.397 e. The number of hydrogen-bond acceptors (Lipinski definition) is 3. The van der Waals surface area contributed by atoms with Gasteiger partial charge in [-0.05, 0) is 43.4 Å². The molecule has 0 amide bonds. The minimum atomic E-state index is 0.582. The quantitative estimate of drug-likeness (QED) is 0.746. The summed E-state index contributed by atoms with van der Waals surface area (Å²) >= 11 is 0. The van der Waals surface area contributed by atoms with Gasteiger partial charge in [0.25, 0.3) is 0 Å². The Labute approximate surface area is 128 Å². The summed E-state index contributed by atoms with van der Waals surface area (Å²) in [5.41, 5.74) is 12.7. The van der Waals surface area contributed by atoms with Gasteiger partial charge in [0.15, 0.2) is 0 Å². The van der Waals surface area contributed by atoms with Gasteiger partial charge in [-0.1, -0.05) is 18.2 Å². The molecule has 4 rings (SSSR count). The van der Waals surface area contributed by atoms with Crippen LogP contribution in [0, 0.1) is 11.3 Å². The summed E-state index contributed by atoms with van der Waals surface area (Å²) in [6.45, 7) is 0. The molecule has 2 N–H and O–H groups in total. The third-order valence-corrected chi connectivity index (χ3v) is 4.40. The maximum absolute atomic E-state index is 9.45. The molecular weight excluding hydrogens is 272 g/mol. The molecule has 1 aliphatic rings. The molecule has 0 spiro atoms. The van der Waals surface area contributed by atoms with Crippen molar-refractivity contribution in [3.63, 3.8) is 0 Å². The highest BCUT2D eigenvalue weighted by Gasteiger charge is 2.21. The average Bonchev–Trinajstić information content (AvgIpc) is 2.95. The van der Waals surface area contributed by atoms with Crippen molar-refractivity contribution in [2.24, 2.45) is 0 Å². The van der Waals surface area contributed by atoms with Crippen LogP contribution in [0.25, 0.3) is 16.7 Å². The van der Waals surface area contributed by atoms with Crippen LogP contribution in [0.5, 0.6) is 0 Å². The highest BCUT2D eigenvalue weighted by Crippen LogP contribution is 2.34. The highest BCUT2D eigenvalue weighted by atomic mass is 15.0. The van der Waals surface area contributed by atoms with E-state index in [0.717, 1.165) is 53.8 Å². The number of nitrogens with zero attached hydrogens (tertiary/aromatic N) is 3. The number of fused-ring (bicyclic) bond motifs is 2. The van der Waals surface area contributed by atoms with E-state index in [9.17, 15) is 5.26 Å². The van der Waals surface area contributed by atoms with Gasteiger partial charge in [-0.15, -0.1) is 0 Å². The lowest BCUT2D eigenvalue weighted by Gasteiger charge is -2.18. The number of pyridine rings is 1. The fourth-order valence-electron chi connectivity index (χ4n) is 3.32. The molecule has 22 heavy (non-hydrogen) atoms. The van der Waals surface area contributed by atoms with E-state index < -0.39 is 0 Å². The molecule has 0 radical (unpaired) electrons. The third-order valence-electron chi connectivity index (χ3n) is 4.40. The Bertz CT molecular complexity index is 900. The molecule has 0 aliphatic heterocycles. The van der Waals surface area contributed by atoms with Crippen LogP contribution in [0.1, 0.15) is 29.7 Å². The molecule has 4 nitrogen and oxygen atoms in total. The number of nitrogen functional groups attached to an aromatic ring is 1. The zero-order chi connectivity index (χ0) is 15.1. The number of aryl methyl sites for hydroxylation is 1. The predicted octanol–water partition coefficient (Wildman–Crippen LogP) is 3.36. The van der Waals surface area contributed by atoms with Crippen molar-refractivity contribution in [3.05, 3.63) is 53.3 Å². The molecule has 0 atom stereocenters. The second-order valence-corrected chi connectivity index (χ2v) is 5.72. The maximum Gasteiger partial charge on any atom is 0.109 e. The van der Waals surface area contributed by atoms with Gasteiger partial charge in [0, 0.05) is 17.6 Å². The van der Waals surface area contributed by atoms with E-state index in [-0.39, 0.29) is 0 Å². The van der Waals surface area contributed by atoms with Gasteiger partial charge >= 0.3 is 0 Å². The van der Waals surface area contributed by atoms with Gasteiger partial charge in [-0.25, -0.2) is 4.98 Å². The molecule has 0 unspecified atom stereocenters. The van der Waals surface area contributed by atoms with Gasteiger partial charge in [-0.3, -0.25) is 0 Å². The van der Waals surface area contributed by atoms with E-state index in [1.165, 1.54) is 5.56 Å². The number of hydrogen-bond donors (Lipinski definition) is 1. The second-order valence-electron chi connectivity index (χ2n) is 5.72. The number of aromatic nitrogens is 2. The lowest BCUT2D eigenvalue weighted by molar-refractivity contribution is 0.672. The van der Waals surface area contributed by atoms with E-state index >= 15 is 0 Å². The number of nitrogens with two attached hydrogens (primary N) is 1. The number of para-hydroxylation sites is 1. The Hall–Kier alpha value is -2.80. The first kappa shape index (κ1) is 12.9. The summed E-state index contributed by atoms with van der Waals surface area (Å²) in [6.07, 6.45) is 6.07. The van der Waals surface area contributed by atoms with Crippen molar-refractivity contribution < 1.29 is 0 Å². The zero-order valence-electron chi connectivity index (χ0n) is 12.2. The maximum atomic E-state index is 9.45. The van der Waals surface area contributed by atoms with Crippen LogP contribution in [-0.4, -0.2) is 9.55 Å². The fourth-order valence-corrected chi connectivity index (χ4v) is 3.32. The number of nitriles is 1. The normalized spacial score (nSPS) is 13.8.